The van der Waals surface area contributed by atoms with E-state index in [2.05, 4.69) is 4.98 Å². The predicted octanol–water partition coefficient (Wildman–Crippen LogP) is 2.94. The zero-order chi connectivity index (χ0) is 17.1. The molecule has 1 amide bonds. The first-order chi connectivity index (χ1) is 11.6. The van der Waals surface area contributed by atoms with Gasteiger partial charge in [-0.2, -0.15) is 0 Å². The van der Waals surface area contributed by atoms with Crippen molar-refractivity contribution in [2.45, 2.75) is 57.8 Å². The molecule has 24 heavy (non-hydrogen) atoms. The summed E-state index contributed by atoms with van der Waals surface area (Å²) in [5.74, 6) is 0.428. The summed E-state index contributed by atoms with van der Waals surface area (Å²) < 4.78 is 0. The Kier molecular flexibility index (Phi) is 5.17. The minimum Gasteiger partial charge on any atom is -0.342 e. The summed E-state index contributed by atoms with van der Waals surface area (Å²) in [6.45, 7) is 0.661. The number of nitrogens with one attached hydrogen (secondary N) is 1. The molecule has 130 valence electrons. The van der Waals surface area contributed by atoms with E-state index >= 15 is 0 Å². The highest BCUT2D eigenvalue weighted by atomic mass is 16.2. The molecule has 1 fully saturated rings. The molecule has 1 heterocycles. The number of hydrogen-bond donors (Lipinski definition) is 1. The van der Waals surface area contributed by atoms with Crippen LogP contribution in [0.25, 0.3) is 0 Å². The lowest BCUT2D eigenvalue weighted by molar-refractivity contribution is 0.0782. The molecule has 1 saturated carbocycles. The first-order valence-corrected chi connectivity index (χ1v) is 9.11. The van der Waals surface area contributed by atoms with Gasteiger partial charge in [0.15, 0.2) is 5.78 Å². The second kappa shape index (κ2) is 7.32. The van der Waals surface area contributed by atoms with Crippen molar-refractivity contribution >= 4 is 11.7 Å². The molecule has 0 atom stereocenters. The number of aromatic nitrogens is 1. The average Bonchev–Trinajstić information content (AvgIpc) is 2.60. The second-order valence-electron chi connectivity index (χ2n) is 7.20. The van der Waals surface area contributed by atoms with Crippen LogP contribution in [-0.4, -0.2) is 35.2 Å². The number of aromatic amines is 1. The van der Waals surface area contributed by atoms with E-state index in [0.717, 1.165) is 12.8 Å². The van der Waals surface area contributed by atoms with Gasteiger partial charge in [0.1, 0.15) is 5.56 Å². The molecule has 0 aromatic carbocycles. The zero-order valence-electron chi connectivity index (χ0n) is 14.4. The number of Topliss-reactive ketones (excluding diaryl/α,β-unsaturated/α-hetero) is 1. The summed E-state index contributed by atoms with van der Waals surface area (Å²) in [4.78, 5) is 41.3. The summed E-state index contributed by atoms with van der Waals surface area (Å²) in [5.41, 5.74) is 0.913. The van der Waals surface area contributed by atoms with E-state index in [0.29, 0.717) is 36.6 Å². The third-order valence-corrected chi connectivity index (χ3v) is 5.43. The molecule has 2 aliphatic rings. The number of carbonyl (C=O) groups is 2. The van der Waals surface area contributed by atoms with Gasteiger partial charge in [-0.05, 0) is 31.2 Å². The number of fused-ring (bicyclic) bond motifs is 1. The summed E-state index contributed by atoms with van der Waals surface area (Å²) >= 11 is 0. The fourth-order valence-corrected chi connectivity index (χ4v) is 3.89. The van der Waals surface area contributed by atoms with E-state index in [1.165, 1.54) is 38.2 Å². The Bertz CT molecular complexity index is 686. The minimum absolute atomic E-state index is 0.0198. The summed E-state index contributed by atoms with van der Waals surface area (Å²) in [7, 11) is 1.74. The number of aryl methyl sites for hydroxylation is 1. The van der Waals surface area contributed by atoms with Crippen LogP contribution in [-0.2, 0) is 6.42 Å². The third kappa shape index (κ3) is 3.60. The summed E-state index contributed by atoms with van der Waals surface area (Å²) in [6.07, 6.45) is 9.33. The highest BCUT2D eigenvalue weighted by Gasteiger charge is 2.24. The number of amides is 1. The number of nitrogens with zero attached hydrogens (tertiary/aromatic N) is 1. The molecular formula is C19H26N2O3. The fraction of sp³-hybridized carbons (Fsp3) is 0.632. The van der Waals surface area contributed by atoms with Crippen LogP contribution in [0.15, 0.2) is 10.9 Å². The van der Waals surface area contributed by atoms with Gasteiger partial charge in [-0.25, -0.2) is 0 Å². The van der Waals surface area contributed by atoms with Gasteiger partial charge in [0.25, 0.3) is 11.5 Å². The monoisotopic (exact) mass is 330 g/mol. The van der Waals surface area contributed by atoms with Gasteiger partial charge in [-0.3, -0.25) is 14.4 Å². The van der Waals surface area contributed by atoms with Crippen LogP contribution < -0.4 is 5.56 Å². The van der Waals surface area contributed by atoms with Crippen molar-refractivity contribution in [2.24, 2.45) is 5.92 Å². The normalized spacial score (nSPS) is 18.3. The predicted molar refractivity (Wildman–Crippen MR) is 92.5 cm³/mol. The van der Waals surface area contributed by atoms with Gasteiger partial charge in [0, 0.05) is 31.3 Å². The van der Waals surface area contributed by atoms with Gasteiger partial charge in [0.2, 0.25) is 0 Å². The van der Waals surface area contributed by atoms with Crippen LogP contribution >= 0.6 is 0 Å². The van der Waals surface area contributed by atoms with E-state index in [4.69, 9.17) is 0 Å². The van der Waals surface area contributed by atoms with Crippen LogP contribution in [0.2, 0.25) is 0 Å². The zero-order valence-corrected chi connectivity index (χ0v) is 14.4. The molecule has 0 unspecified atom stereocenters. The Morgan fingerprint density at radius 2 is 1.92 bits per heavy atom. The van der Waals surface area contributed by atoms with Crippen molar-refractivity contribution in [3.05, 3.63) is 33.2 Å². The van der Waals surface area contributed by atoms with Crippen LogP contribution in [0.1, 0.15) is 77.8 Å². The maximum Gasteiger partial charge on any atom is 0.261 e. The Hall–Kier alpha value is -1.91. The van der Waals surface area contributed by atoms with E-state index < -0.39 is 0 Å². The molecule has 5 nitrogen and oxygen atoms in total. The van der Waals surface area contributed by atoms with E-state index in [9.17, 15) is 14.4 Å². The Morgan fingerprint density at radius 1 is 1.17 bits per heavy atom. The van der Waals surface area contributed by atoms with Gasteiger partial charge in [-0.1, -0.05) is 32.1 Å². The number of rotatable bonds is 4. The van der Waals surface area contributed by atoms with Gasteiger partial charge in [-0.15, -0.1) is 0 Å². The van der Waals surface area contributed by atoms with Crippen molar-refractivity contribution in [1.29, 1.82) is 0 Å². The molecule has 0 saturated heterocycles. The van der Waals surface area contributed by atoms with E-state index in [1.807, 2.05) is 0 Å². The molecule has 3 rings (SSSR count). The number of hydrogen-bond acceptors (Lipinski definition) is 3. The van der Waals surface area contributed by atoms with Crippen molar-refractivity contribution in [2.75, 3.05) is 13.6 Å². The highest BCUT2D eigenvalue weighted by Crippen LogP contribution is 2.26. The van der Waals surface area contributed by atoms with E-state index in [-0.39, 0.29) is 22.8 Å². The molecule has 1 N–H and O–H groups in total. The third-order valence-electron chi connectivity index (χ3n) is 5.43. The maximum atomic E-state index is 12.6. The Morgan fingerprint density at radius 3 is 2.67 bits per heavy atom. The van der Waals surface area contributed by atoms with Crippen molar-refractivity contribution in [1.82, 2.24) is 9.88 Å². The van der Waals surface area contributed by atoms with Crippen molar-refractivity contribution in [3.63, 3.8) is 0 Å². The summed E-state index contributed by atoms with van der Waals surface area (Å²) in [5, 5.41) is 0. The SMILES string of the molecule is CN(CCC1CCCCC1)C(=O)c1cc2c([nH]c1=O)CCCC2=O. The highest BCUT2D eigenvalue weighted by molar-refractivity contribution is 6.01. The standard InChI is InChI=1S/C19H26N2O3/c1-21(11-10-13-6-3-2-4-7-13)19(24)15-12-14-16(20-18(15)23)8-5-9-17(14)22/h12-13H,2-11H2,1H3,(H,20,23). The minimum atomic E-state index is -0.377. The lowest BCUT2D eigenvalue weighted by Gasteiger charge is -2.25. The molecular weight excluding hydrogens is 304 g/mol. The molecule has 2 aliphatic carbocycles. The van der Waals surface area contributed by atoms with Crippen LogP contribution in [0.4, 0.5) is 0 Å². The number of ketones is 1. The first kappa shape index (κ1) is 16.9. The van der Waals surface area contributed by atoms with Crippen LogP contribution in [0, 0.1) is 5.92 Å². The topological polar surface area (TPSA) is 70.2 Å². The fourth-order valence-electron chi connectivity index (χ4n) is 3.89. The number of carbonyl (C=O) groups excluding carboxylic acids is 2. The smallest absolute Gasteiger partial charge is 0.261 e. The molecule has 0 bridgehead atoms. The van der Waals surface area contributed by atoms with Gasteiger partial charge < -0.3 is 9.88 Å². The lowest BCUT2D eigenvalue weighted by atomic mass is 9.87. The van der Waals surface area contributed by atoms with Gasteiger partial charge >= 0.3 is 0 Å². The van der Waals surface area contributed by atoms with Crippen LogP contribution in [0.5, 0.6) is 0 Å². The Balaban J connectivity index is 1.70. The quantitative estimate of drug-likeness (QED) is 0.923. The van der Waals surface area contributed by atoms with E-state index in [1.54, 1.807) is 11.9 Å². The molecule has 0 aliphatic heterocycles. The molecule has 1 aromatic rings. The van der Waals surface area contributed by atoms with Crippen molar-refractivity contribution < 1.29 is 9.59 Å². The first-order valence-electron chi connectivity index (χ1n) is 9.11. The largest absolute Gasteiger partial charge is 0.342 e. The lowest BCUT2D eigenvalue weighted by Crippen LogP contribution is -2.34. The average molecular weight is 330 g/mol. The van der Waals surface area contributed by atoms with Crippen molar-refractivity contribution in [3.8, 4) is 0 Å². The molecule has 0 spiro atoms. The number of H-pyrrole nitrogens is 1. The van der Waals surface area contributed by atoms with Crippen LogP contribution in [0.3, 0.4) is 0 Å². The maximum absolute atomic E-state index is 12.6. The molecule has 0 radical (unpaired) electrons. The molecule has 1 aromatic heterocycles. The molecule has 5 heteroatoms. The Labute approximate surface area is 142 Å². The van der Waals surface area contributed by atoms with Gasteiger partial charge in [0.05, 0.1) is 0 Å². The number of pyridine rings is 1. The second-order valence-corrected chi connectivity index (χ2v) is 7.20. The summed E-state index contributed by atoms with van der Waals surface area (Å²) in [6, 6.07) is 1.51.